The van der Waals surface area contributed by atoms with Crippen molar-refractivity contribution >= 4 is 21.9 Å². The van der Waals surface area contributed by atoms with E-state index in [-0.39, 0.29) is 11.5 Å². The zero-order chi connectivity index (χ0) is 14.2. The normalized spacial score (nSPS) is 16.6. The van der Waals surface area contributed by atoms with Crippen molar-refractivity contribution in [1.29, 1.82) is 0 Å². The van der Waals surface area contributed by atoms with Crippen LogP contribution in [-0.2, 0) is 10.2 Å². The van der Waals surface area contributed by atoms with Gasteiger partial charge < -0.3 is 19.7 Å². The van der Waals surface area contributed by atoms with Gasteiger partial charge in [0.25, 0.3) is 0 Å². The molecule has 0 unspecified atom stereocenters. The lowest BCUT2D eigenvalue weighted by atomic mass is 9.64. The first-order chi connectivity index (χ1) is 8.97. The standard InChI is InChI=1S/C13H15BrO5/c1-18-8-6-7(14)10(15)9(11(8)19-2)13(12(16)17)4-3-5-13/h6,15H,3-5H2,1-2H3,(H,16,17). The molecule has 1 aliphatic rings. The SMILES string of the molecule is COc1cc(Br)c(O)c(C2(C(=O)O)CCC2)c1OC. The molecule has 0 radical (unpaired) electrons. The highest BCUT2D eigenvalue weighted by Gasteiger charge is 2.50. The molecule has 0 spiro atoms. The van der Waals surface area contributed by atoms with Gasteiger partial charge in [-0.1, -0.05) is 6.42 Å². The molecule has 0 aromatic heterocycles. The van der Waals surface area contributed by atoms with Crippen molar-refractivity contribution in [2.24, 2.45) is 0 Å². The van der Waals surface area contributed by atoms with Crippen LogP contribution in [-0.4, -0.2) is 30.4 Å². The van der Waals surface area contributed by atoms with Crippen LogP contribution < -0.4 is 9.47 Å². The Hall–Kier alpha value is -1.43. The molecule has 2 N–H and O–H groups in total. The number of carboxylic acids is 1. The number of aromatic hydroxyl groups is 1. The number of rotatable bonds is 4. The first-order valence-corrected chi connectivity index (χ1v) is 6.64. The molecule has 104 valence electrons. The lowest BCUT2D eigenvalue weighted by Gasteiger charge is -2.39. The maximum atomic E-state index is 11.6. The Bertz CT molecular complexity index is 522. The van der Waals surface area contributed by atoms with Crippen molar-refractivity contribution in [3.63, 3.8) is 0 Å². The molecular weight excluding hydrogens is 316 g/mol. The number of carboxylic acid groups (broad SMARTS) is 1. The summed E-state index contributed by atoms with van der Waals surface area (Å²) < 4.78 is 10.9. The summed E-state index contributed by atoms with van der Waals surface area (Å²) in [6.45, 7) is 0. The van der Waals surface area contributed by atoms with Gasteiger partial charge in [0, 0.05) is 6.07 Å². The maximum Gasteiger partial charge on any atom is 0.314 e. The largest absolute Gasteiger partial charge is 0.506 e. The minimum atomic E-state index is -1.09. The Morgan fingerprint density at radius 3 is 2.37 bits per heavy atom. The third kappa shape index (κ3) is 1.94. The number of aliphatic carboxylic acids is 1. The van der Waals surface area contributed by atoms with E-state index in [0.29, 0.717) is 28.6 Å². The number of methoxy groups -OCH3 is 2. The minimum absolute atomic E-state index is 0.0975. The predicted molar refractivity (Wildman–Crippen MR) is 72.1 cm³/mol. The fourth-order valence-electron chi connectivity index (χ4n) is 2.50. The lowest BCUT2D eigenvalue weighted by Crippen LogP contribution is -2.42. The highest BCUT2D eigenvalue weighted by Crippen LogP contribution is 2.55. The van der Waals surface area contributed by atoms with Gasteiger partial charge in [-0.3, -0.25) is 4.79 Å². The van der Waals surface area contributed by atoms with Crippen molar-refractivity contribution in [2.45, 2.75) is 24.7 Å². The zero-order valence-electron chi connectivity index (χ0n) is 10.7. The van der Waals surface area contributed by atoms with E-state index < -0.39 is 11.4 Å². The number of carbonyl (C=O) groups is 1. The van der Waals surface area contributed by atoms with Crippen LogP contribution in [0.1, 0.15) is 24.8 Å². The number of phenols is 1. The number of ether oxygens (including phenoxy) is 2. The van der Waals surface area contributed by atoms with E-state index in [0.717, 1.165) is 6.42 Å². The number of hydrogen-bond donors (Lipinski definition) is 2. The van der Waals surface area contributed by atoms with Gasteiger partial charge in [0.1, 0.15) is 11.2 Å². The molecule has 0 heterocycles. The molecule has 1 aromatic rings. The lowest BCUT2D eigenvalue weighted by molar-refractivity contribution is -0.147. The summed E-state index contributed by atoms with van der Waals surface area (Å²) in [5, 5.41) is 19.7. The molecule has 0 saturated heterocycles. The van der Waals surface area contributed by atoms with Gasteiger partial charge in [0.2, 0.25) is 0 Å². The van der Waals surface area contributed by atoms with E-state index in [4.69, 9.17) is 9.47 Å². The molecule has 5 nitrogen and oxygen atoms in total. The molecule has 0 amide bonds. The molecule has 1 aromatic carbocycles. The van der Waals surface area contributed by atoms with Gasteiger partial charge in [-0.15, -0.1) is 0 Å². The molecule has 0 bridgehead atoms. The summed E-state index contributed by atoms with van der Waals surface area (Å²) >= 11 is 3.22. The third-order valence-corrected chi connectivity index (χ3v) is 4.30. The van der Waals surface area contributed by atoms with E-state index in [1.165, 1.54) is 14.2 Å². The Balaban J connectivity index is 2.73. The van der Waals surface area contributed by atoms with E-state index in [2.05, 4.69) is 15.9 Å². The summed E-state index contributed by atoms with van der Waals surface area (Å²) in [6, 6.07) is 1.56. The average Bonchev–Trinajstić information content (AvgIpc) is 2.32. The average molecular weight is 331 g/mol. The van der Waals surface area contributed by atoms with E-state index in [9.17, 15) is 15.0 Å². The monoisotopic (exact) mass is 330 g/mol. The van der Waals surface area contributed by atoms with E-state index in [1.807, 2.05) is 0 Å². The van der Waals surface area contributed by atoms with Crippen LogP contribution in [0.5, 0.6) is 17.2 Å². The first-order valence-electron chi connectivity index (χ1n) is 5.85. The van der Waals surface area contributed by atoms with Crippen LogP contribution in [0, 0.1) is 0 Å². The highest BCUT2D eigenvalue weighted by molar-refractivity contribution is 9.10. The van der Waals surface area contributed by atoms with Crippen LogP contribution in [0.2, 0.25) is 0 Å². The van der Waals surface area contributed by atoms with Crippen LogP contribution in [0.15, 0.2) is 10.5 Å². The number of hydrogen-bond acceptors (Lipinski definition) is 4. The fourth-order valence-corrected chi connectivity index (χ4v) is 2.90. The summed E-state index contributed by atoms with van der Waals surface area (Å²) in [7, 11) is 2.91. The Kier molecular flexibility index (Phi) is 3.62. The second-order valence-electron chi connectivity index (χ2n) is 4.56. The molecule has 1 saturated carbocycles. The van der Waals surface area contributed by atoms with Crippen molar-refractivity contribution in [2.75, 3.05) is 14.2 Å². The first kappa shape index (κ1) is 14.0. The van der Waals surface area contributed by atoms with E-state index >= 15 is 0 Å². The van der Waals surface area contributed by atoms with Crippen LogP contribution in [0.4, 0.5) is 0 Å². The topological polar surface area (TPSA) is 76.0 Å². The molecule has 2 rings (SSSR count). The zero-order valence-corrected chi connectivity index (χ0v) is 12.3. The number of phenolic OH excluding ortho intramolecular Hbond substituents is 1. The number of benzene rings is 1. The summed E-state index contributed by atoms with van der Waals surface area (Å²) in [5.74, 6) is -0.368. The van der Waals surface area contributed by atoms with Gasteiger partial charge in [0.05, 0.1) is 24.3 Å². The van der Waals surface area contributed by atoms with Crippen LogP contribution >= 0.6 is 15.9 Å². The smallest absolute Gasteiger partial charge is 0.314 e. The van der Waals surface area contributed by atoms with E-state index in [1.54, 1.807) is 6.07 Å². The second kappa shape index (κ2) is 4.92. The van der Waals surface area contributed by atoms with Crippen LogP contribution in [0.3, 0.4) is 0 Å². The molecule has 0 aliphatic heterocycles. The Morgan fingerprint density at radius 1 is 1.37 bits per heavy atom. The Morgan fingerprint density at radius 2 is 2.00 bits per heavy atom. The number of halogens is 1. The fraction of sp³-hybridized carbons (Fsp3) is 0.462. The second-order valence-corrected chi connectivity index (χ2v) is 5.41. The molecule has 19 heavy (non-hydrogen) atoms. The van der Waals surface area contributed by atoms with Crippen LogP contribution in [0.25, 0.3) is 0 Å². The van der Waals surface area contributed by atoms with Gasteiger partial charge in [-0.25, -0.2) is 0 Å². The summed E-state index contributed by atoms with van der Waals surface area (Å²) in [6.07, 6.45) is 1.77. The predicted octanol–water partition coefficient (Wildman–Crippen LogP) is 2.68. The quantitative estimate of drug-likeness (QED) is 0.887. The molecular formula is C13H15BrO5. The Labute approximate surface area is 119 Å². The molecule has 0 atom stereocenters. The van der Waals surface area contributed by atoms with Gasteiger partial charge in [0.15, 0.2) is 11.5 Å². The summed E-state index contributed by atoms with van der Waals surface area (Å²) in [5.41, 5.74) is -0.799. The molecule has 1 aliphatic carbocycles. The van der Waals surface area contributed by atoms with Gasteiger partial charge in [-0.2, -0.15) is 0 Å². The maximum absolute atomic E-state index is 11.6. The van der Waals surface area contributed by atoms with Gasteiger partial charge >= 0.3 is 5.97 Å². The summed E-state index contributed by atoms with van der Waals surface area (Å²) in [4.78, 5) is 11.6. The van der Waals surface area contributed by atoms with Gasteiger partial charge in [-0.05, 0) is 28.8 Å². The van der Waals surface area contributed by atoms with Crippen molar-refractivity contribution in [1.82, 2.24) is 0 Å². The molecule has 6 heteroatoms. The molecule has 1 fully saturated rings. The van der Waals surface area contributed by atoms with Crippen molar-refractivity contribution in [3.8, 4) is 17.2 Å². The van der Waals surface area contributed by atoms with Crippen molar-refractivity contribution in [3.05, 3.63) is 16.1 Å². The van der Waals surface area contributed by atoms with Crippen molar-refractivity contribution < 1.29 is 24.5 Å². The third-order valence-electron chi connectivity index (χ3n) is 3.69. The highest BCUT2D eigenvalue weighted by atomic mass is 79.9. The minimum Gasteiger partial charge on any atom is -0.506 e.